The number of ether oxygens (including phenoxy) is 2. The number of Topliss-reactive ketones (excluding diaryl/α,β-unsaturated/α-hetero) is 1. The Labute approximate surface area is 217 Å². The minimum Gasteiger partial charge on any atom is -0.494 e. The van der Waals surface area contributed by atoms with Gasteiger partial charge in [0, 0.05) is 30.3 Å². The van der Waals surface area contributed by atoms with Crippen molar-refractivity contribution < 1.29 is 33.6 Å². The van der Waals surface area contributed by atoms with Crippen LogP contribution in [0.15, 0.2) is 72.8 Å². The summed E-state index contributed by atoms with van der Waals surface area (Å²) in [5, 5.41) is 13.8. The number of nitro benzene ring substituents is 1. The molecule has 0 unspecified atom stereocenters. The van der Waals surface area contributed by atoms with Crippen molar-refractivity contribution in [1.82, 2.24) is 0 Å². The number of methoxy groups -OCH3 is 1. The summed E-state index contributed by atoms with van der Waals surface area (Å²) in [5.74, 6) is -2.24. The fourth-order valence-electron chi connectivity index (χ4n) is 3.97. The van der Waals surface area contributed by atoms with Gasteiger partial charge in [0.25, 0.3) is 5.69 Å². The van der Waals surface area contributed by atoms with E-state index in [9.17, 15) is 29.3 Å². The van der Waals surface area contributed by atoms with Gasteiger partial charge in [0.15, 0.2) is 12.4 Å². The standard InChI is InChI=1S/C27H23N3O8/c1-37-24-14-21(30(35)36)11-12-22(24)29-15-19(13-25(29)32)26(33)28-20-9-7-18(8-10-20)27(34)38-16-23(31)17-5-3-2-4-6-17/h2-12,14,19H,13,15-16H2,1H3,(H,28,33)/t19-/m0/s1. The molecule has 3 aromatic rings. The van der Waals surface area contributed by atoms with E-state index in [1.807, 2.05) is 0 Å². The molecule has 0 spiro atoms. The number of anilines is 2. The zero-order valence-electron chi connectivity index (χ0n) is 20.3. The Morgan fingerprint density at radius 1 is 1.03 bits per heavy atom. The summed E-state index contributed by atoms with van der Waals surface area (Å²) in [6.07, 6.45) is -0.0498. The highest BCUT2D eigenvalue weighted by Crippen LogP contribution is 2.36. The first-order valence-corrected chi connectivity index (χ1v) is 11.6. The van der Waals surface area contributed by atoms with Crippen LogP contribution in [0.2, 0.25) is 0 Å². The van der Waals surface area contributed by atoms with Crippen LogP contribution in [0, 0.1) is 16.0 Å². The van der Waals surface area contributed by atoms with E-state index in [-0.39, 0.29) is 41.7 Å². The van der Waals surface area contributed by atoms with E-state index in [1.54, 1.807) is 30.3 Å². The third-order valence-corrected chi connectivity index (χ3v) is 5.98. The Morgan fingerprint density at radius 2 is 1.74 bits per heavy atom. The van der Waals surface area contributed by atoms with Gasteiger partial charge in [0.1, 0.15) is 5.75 Å². The molecule has 1 fully saturated rings. The van der Waals surface area contributed by atoms with Crippen molar-refractivity contribution in [3.05, 3.63) is 94.0 Å². The number of nitro groups is 1. The van der Waals surface area contributed by atoms with Gasteiger partial charge in [0.2, 0.25) is 11.8 Å². The molecule has 1 N–H and O–H groups in total. The van der Waals surface area contributed by atoms with Gasteiger partial charge >= 0.3 is 5.97 Å². The number of ketones is 1. The van der Waals surface area contributed by atoms with Gasteiger partial charge in [-0.25, -0.2) is 4.79 Å². The highest BCUT2D eigenvalue weighted by Gasteiger charge is 2.36. The number of benzene rings is 3. The van der Waals surface area contributed by atoms with E-state index >= 15 is 0 Å². The average Bonchev–Trinajstić information content (AvgIpc) is 3.33. The molecule has 2 amide bonds. The number of hydrogen-bond donors (Lipinski definition) is 1. The summed E-state index contributed by atoms with van der Waals surface area (Å²) in [4.78, 5) is 61.7. The van der Waals surface area contributed by atoms with E-state index in [0.29, 0.717) is 16.9 Å². The molecule has 0 radical (unpaired) electrons. The minimum absolute atomic E-state index is 0.0498. The van der Waals surface area contributed by atoms with Crippen molar-refractivity contribution in [2.75, 3.05) is 30.5 Å². The number of nitrogens with one attached hydrogen (secondary N) is 1. The van der Waals surface area contributed by atoms with Crippen molar-refractivity contribution in [1.29, 1.82) is 0 Å². The number of rotatable bonds is 9. The predicted molar refractivity (Wildman–Crippen MR) is 136 cm³/mol. The summed E-state index contributed by atoms with van der Waals surface area (Å²) in [5.41, 5.74) is 1.21. The lowest BCUT2D eigenvalue weighted by Gasteiger charge is -2.19. The van der Waals surface area contributed by atoms with Crippen molar-refractivity contribution in [2.45, 2.75) is 6.42 Å². The molecular weight excluding hydrogens is 494 g/mol. The lowest BCUT2D eigenvalue weighted by Crippen LogP contribution is -2.28. The highest BCUT2D eigenvalue weighted by atomic mass is 16.6. The van der Waals surface area contributed by atoms with Crippen LogP contribution in [0.5, 0.6) is 5.75 Å². The number of carbonyl (C=O) groups excluding carboxylic acids is 4. The first-order chi connectivity index (χ1) is 18.3. The molecule has 4 rings (SSSR count). The van der Waals surface area contributed by atoms with Crippen molar-refractivity contribution in [3.8, 4) is 5.75 Å². The summed E-state index contributed by atoms with van der Waals surface area (Å²) in [7, 11) is 1.34. The Bertz CT molecular complexity index is 1390. The Balaban J connectivity index is 1.34. The Morgan fingerprint density at radius 3 is 2.39 bits per heavy atom. The molecule has 0 aromatic heterocycles. The second kappa shape index (κ2) is 11.3. The number of nitrogens with zero attached hydrogens (tertiary/aromatic N) is 2. The maximum absolute atomic E-state index is 12.8. The molecule has 194 valence electrons. The van der Waals surface area contributed by atoms with Gasteiger partial charge in [-0.1, -0.05) is 30.3 Å². The van der Waals surface area contributed by atoms with Crippen LogP contribution in [0.3, 0.4) is 0 Å². The van der Waals surface area contributed by atoms with Crippen LogP contribution < -0.4 is 15.0 Å². The zero-order valence-corrected chi connectivity index (χ0v) is 20.3. The normalized spacial score (nSPS) is 14.6. The summed E-state index contributed by atoms with van der Waals surface area (Å²) < 4.78 is 10.3. The molecular formula is C27H23N3O8. The van der Waals surface area contributed by atoms with Gasteiger partial charge in [-0.2, -0.15) is 0 Å². The predicted octanol–water partition coefficient (Wildman–Crippen LogP) is 3.63. The van der Waals surface area contributed by atoms with Gasteiger partial charge < -0.3 is 19.7 Å². The van der Waals surface area contributed by atoms with E-state index in [0.717, 1.165) is 0 Å². The highest BCUT2D eigenvalue weighted by molar-refractivity contribution is 6.04. The second-order valence-electron chi connectivity index (χ2n) is 8.45. The quantitative estimate of drug-likeness (QED) is 0.196. The summed E-state index contributed by atoms with van der Waals surface area (Å²) in [6.45, 7) is -0.328. The van der Waals surface area contributed by atoms with Gasteiger partial charge in [-0.15, -0.1) is 0 Å². The SMILES string of the molecule is COc1cc([N+](=O)[O-])ccc1N1C[C@@H](C(=O)Nc2ccc(C(=O)OCC(=O)c3ccccc3)cc2)CC1=O. The maximum Gasteiger partial charge on any atom is 0.338 e. The fraction of sp³-hybridized carbons (Fsp3) is 0.185. The molecule has 0 bridgehead atoms. The summed E-state index contributed by atoms with van der Waals surface area (Å²) >= 11 is 0. The molecule has 11 heteroatoms. The van der Waals surface area contributed by atoms with E-state index < -0.39 is 29.3 Å². The van der Waals surface area contributed by atoms with Gasteiger partial charge in [-0.3, -0.25) is 24.5 Å². The van der Waals surface area contributed by atoms with Crippen LogP contribution in [0.1, 0.15) is 27.1 Å². The van der Waals surface area contributed by atoms with Gasteiger partial charge in [-0.05, 0) is 30.3 Å². The topological polar surface area (TPSA) is 145 Å². The first kappa shape index (κ1) is 26.0. The number of amides is 2. The number of carbonyl (C=O) groups is 4. The molecule has 3 aromatic carbocycles. The van der Waals surface area contributed by atoms with Crippen molar-refractivity contribution >= 4 is 40.6 Å². The van der Waals surface area contributed by atoms with Crippen LogP contribution in [0.25, 0.3) is 0 Å². The van der Waals surface area contributed by atoms with Crippen molar-refractivity contribution in [2.24, 2.45) is 5.92 Å². The van der Waals surface area contributed by atoms with Crippen LogP contribution in [0.4, 0.5) is 17.1 Å². The molecule has 1 atom stereocenters. The number of hydrogen-bond acceptors (Lipinski definition) is 8. The number of esters is 1. The van der Waals surface area contributed by atoms with Crippen molar-refractivity contribution in [3.63, 3.8) is 0 Å². The fourth-order valence-corrected chi connectivity index (χ4v) is 3.97. The lowest BCUT2D eigenvalue weighted by molar-refractivity contribution is -0.384. The smallest absolute Gasteiger partial charge is 0.338 e. The Kier molecular flexibility index (Phi) is 7.76. The average molecular weight is 517 g/mol. The van der Waals surface area contributed by atoms with E-state index in [1.165, 1.54) is 54.5 Å². The van der Waals surface area contributed by atoms with Crippen LogP contribution >= 0.6 is 0 Å². The zero-order chi connectivity index (χ0) is 27.2. The van der Waals surface area contributed by atoms with Crippen LogP contribution in [-0.4, -0.2) is 48.8 Å². The largest absolute Gasteiger partial charge is 0.494 e. The van der Waals surface area contributed by atoms with Gasteiger partial charge in [0.05, 0.1) is 35.3 Å². The molecule has 11 nitrogen and oxygen atoms in total. The maximum atomic E-state index is 12.8. The third kappa shape index (κ3) is 5.84. The monoisotopic (exact) mass is 517 g/mol. The molecule has 1 saturated heterocycles. The molecule has 1 heterocycles. The van der Waals surface area contributed by atoms with E-state index in [2.05, 4.69) is 5.32 Å². The molecule has 0 aliphatic carbocycles. The number of non-ortho nitro benzene ring substituents is 1. The minimum atomic E-state index is -0.679. The molecule has 38 heavy (non-hydrogen) atoms. The molecule has 1 aliphatic heterocycles. The molecule has 0 saturated carbocycles. The van der Waals surface area contributed by atoms with Crippen LogP contribution in [-0.2, 0) is 14.3 Å². The molecule has 1 aliphatic rings. The Hall–Kier alpha value is -5.06. The lowest BCUT2D eigenvalue weighted by atomic mass is 10.1. The third-order valence-electron chi connectivity index (χ3n) is 5.98. The first-order valence-electron chi connectivity index (χ1n) is 11.6. The summed E-state index contributed by atoms with van der Waals surface area (Å²) in [6, 6.07) is 18.3. The second-order valence-corrected chi connectivity index (χ2v) is 8.45. The van der Waals surface area contributed by atoms with E-state index in [4.69, 9.17) is 9.47 Å².